The molecule has 0 aliphatic carbocycles. The fraction of sp³-hybridized carbons (Fsp3) is 0.250. The molecule has 0 radical (unpaired) electrons. The number of aromatic nitrogens is 1. The number of hydrogen-bond acceptors (Lipinski definition) is 3. The van der Waals surface area contributed by atoms with E-state index in [0.29, 0.717) is 12.8 Å². The fourth-order valence-electron chi connectivity index (χ4n) is 2.01. The van der Waals surface area contributed by atoms with Crippen molar-refractivity contribution in [3.05, 3.63) is 60.4 Å². The van der Waals surface area contributed by atoms with Gasteiger partial charge in [0, 0.05) is 25.7 Å². The van der Waals surface area contributed by atoms with Gasteiger partial charge in [-0.1, -0.05) is 30.3 Å². The summed E-state index contributed by atoms with van der Waals surface area (Å²) in [7, 11) is 1.76. The Morgan fingerprint density at radius 2 is 2.00 bits per heavy atom. The predicted octanol–water partition coefficient (Wildman–Crippen LogP) is 2.52. The maximum absolute atomic E-state index is 12.1. The highest BCUT2D eigenvalue weighted by Crippen LogP contribution is 2.17. The Hall–Kier alpha value is -2.20. The Morgan fingerprint density at radius 3 is 2.65 bits per heavy atom. The van der Waals surface area contributed by atoms with Crippen molar-refractivity contribution in [1.82, 2.24) is 4.98 Å². The summed E-state index contributed by atoms with van der Waals surface area (Å²) in [5.74, 6) is 0.0457. The third-order valence-corrected chi connectivity index (χ3v) is 3.30. The fourth-order valence-corrected chi connectivity index (χ4v) is 2.01. The van der Waals surface area contributed by atoms with Crippen molar-refractivity contribution in [3.63, 3.8) is 0 Å². The van der Waals surface area contributed by atoms with Gasteiger partial charge in [0.15, 0.2) is 0 Å². The molecule has 2 rings (SSSR count). The number of carbonyl (C=O) groups is 1. The topological polar surface area (TPSA) is 59.2 Å². The molecular weight excluding hydrogens is 250 g/mol. The van der Waals surface area contributed by atoms with Gasteiger partial charge in [-0.3, -0.25) is 9.78 Å². The van der Waals surface area contributed by atoms with Crippen LogP contribution in [0.15, 0.2) is 54.9 Å². The Morgan fingerprint density at radius 1 is 1.25 bits per heavy atom. The van der Waals surface area contributed by atoms with E-state index in [1.807, 2.05) is 42.5 Å². The normalized spacial score (nSPS) is 11.9. The van der Waals surface area contributed by atoms with E-state index < -0.39 is 0 Å². The zero-order chi connectivity index (χ0) is 14.4. The molecule has 1 unspecified atom stereocenters. The van der Waals surface area contributed by atoms with Crippen molar-refractivity contribution in [3.8, 4) is 0 Å². The number of rotatable bonds is 5. The molecule has 0 bridgehead atoms. The molecule has 0 saturated carbocycles. The molecule has 4 nitrogen and oxygen atoms in total. The standard InChI is InChI=1S/C16H19N3O/c1-19(14-8-5-11-18-12-14)16(20)10-9-15(17)13-6-3-2-4-7-13/h2-8,11-12,15H,9-10,17H2,1H3. The quantitative estimate of drug-likeness (QED) is 0.907. The lowest BCUT2D eigenvalue weighted by atomic mass is 10.0. The first-order valence-electron chi connectivity index (χ1n) is 6.65. The van der Waals surface area contributed by atoms with Gasteiger partial charge in [0.05, 0.1) is 11.9 Å². The first-order valence-corrected chi connectivity index (χ1v) is 6.65. The van der Waals surface area contributed by atoms with Gasteiger partial charge >= 0.3 is 0 Å². The molecule has 104 valence electrons. The summed E-state index contributed by atoms with van der Waals surface area (Å²) in [4.78, 5) is 17.8. The molecule has 0 saturated heterocycles. The van der Waals surface area contributed by atoms with E-state index in [0.717, 1.165) is 11.3 Å². The highest BCUT2D eigenvalue weighted by molar-refractivity contribution is 5.92. The van der Waals surface area contributed by atoms with Gasteiger partial charge in [-0.15, -0.1) is 0 Å². The van der Waals surface area contributed by atoms with Crippen LogP contribution < -0.4 is 10.6 Å². The van der Waals surface area contributed by atoms with Crippen LogP contribution in [0.25, 0.3) is 0 Å². The van der Waals surface area contributed by atoms with E-state index >= 15 is 0 Å². The van der Waals surface area contributed by atoms with Crippen molar-refractivity contribution in [2.45, 2.75) is 18.9 Å². The maximum Gasteiger partial charge on any atom is 0.226 e. The Balaban J connectivity index is 1.89. The van der Waals surface area contributed by atoms with Gasteiger partial charge in [-0.2, -0.15) is 0 Å². The van der Waals surface area contributed by atoms with Gasteiger partial charge in [0.25, 0.3) is 0 Å². The highest BCUT2D eigenvalue weighted by atomic mass is 16.2. The summed E-state index contributed by atoms with van der Waals surface area (Å²) in [6, 6.07) is 13.4. The van der Waals surface area contributed by atoms with Crippen LogP contribution in [-0.4, -0.2) is 17.9 Å². The first kappa shape index (κ1) is 14.2. The second-order valence-electron chi connectivity index (χ2n) is 4.72. The average molecular weight is 269 g/mol. The lowest BCUT2D eigenvalue weighted by Gasteiger charge is -2.18. The first-order chi connectivity index (χ1) is 9.68. The van der Waals surface area contributed by atoms with Crippen LogP contribution in [-0.2, 0) is 4.79 Å². The van der Waals surface area contributed by atoms with E-state index in [9.17, 15) is 4.79 Å². The van der Waals surface area contributed by atoms with Crippen molar-refractivity contribution in [2.75, 3.05) is 11.9 Å². The third-order valence-electron chi connectivity index (χ3n) is 3.30. The molecule has 1 heterocycles. The second kappa shape index (κ2) is 6.82. The highest BCUT2D eigenvalue weighted by Gasteiger charge is 2.13. The molecule has 0 spiro atoms. The monoisotopic (exact) mass is 269 g/mol. The van der Waals surface area contributed by atoms with Gasteiger partial charge in [0.1, 0.15) is 0 Å². The minimum absolute atomic E-state index is 0.0457. The molecule has 2 N–H and O–H groups in total. The Labute approximate surface area is 119 Å². The van der Waals surface area contributed by atoms with Crippen molar-refractivity contribution in [2.24, 2.45) is 5.73 Å². The van der Waals surface area contributed by atoms with Crippen LogP contribution in [0.5, 0.6) is 0 Å². The van der Waals surface area contributed by atoms with Gasteiger partial charge in [-0.25, -0.2) is 0 Å². The summed E-state index contributed by atoms with van der Waals surface area (Å²) < 4.78 is 0. The number of anilines is 1. The Bertz CT molecular complexity index is 542. The largest absolute Gasteiger partial charge is 0.324 e. The number of nitrogens with zero attached hydrogens (tertiary/aromatic N) is 2. The molecule has 0 aliphatic heterocycles. The minimum atomic E-state index is -0.109. The number of carbonyl (C=O) groups excluding carboxylic acids is 1. The van der Waals surface area contributed by atoms with E-state index in [1.165, 1.54) is 0 Å². The Kier molecular flexibility index (Phi) is 4.85. The molecule has 20 heavy (non-hydrogen) atoms. The van der Waals surface area contributed by atoms with Crippen LogP contribution in [0.2, 0.25) is 0 Å². The molecule has 0 fully saturated rings. The molecule has 1 aromatic heterocycles. The summed E-state index contributed by atoms with van der Waals surface area (Å²) in [6.07, 6.45) is 4.41. The van der Waals surface area contributed by atoms with Gasteiger partial charge < -0.3 is 10.6 Å². The average Bonchev–Trinajstić information content (AvgIpc) is 2.53. The van der Waals surface area contributed by atoms with Crippen LogP contribution in [0.1, 0.15) is 24.4 Å². The zero-order valence-corrected chi connectivity index (χ0v) is 11.6. The summed E-state index contributed by atoms with van der Waals surface area (Å²) >= 11 is 0. The lowest BCUT2D eigenvalue weighted by Crippen LogP contribution is -2.27. The van der Waals surface area contributed by atoms with E-state index in [2.05, 4.69) is 4.98 Å². The van der Waals surface area contributed by atoms with Crippen LogP contribution in [0.3, 0.4) is 0 Å². The van der Waals surface area contributed by atoms with Crippen LogP contribution in [0.4, 0.5) is 5.69 Å². The molecule has 0 aliphatic rings. The second-order valence-corrected chi connectivity index (χ2v) is 4.72. The number of hydrogen-bond donors (Lipinski definition) is 1. The zero-order valence-electron chi connectivity index (χ0n) is 11.6. The van der Waals surface area contributed by atoms with Crippen LogP contribution in [0, 0.1) is 0 Å². The summed E-state index contributed by atoms with van der Waals surface area (Å²) in [5, 5.41) is 0. The minimum Gasteiger partial charge on any atom is -0.324 e. The molecule has 1 aromatic carbocycles. The molecule has 2 aromatic rings. The van der Waals surface area contributed by atoms with Gasteiger partial charge in [-0.05, 0) is 24.1 Å². The smallest absolute Gasteiger partial charge is 0.226 e. The lowest BCUT2D eigenvalue weighted by molar-refractivity contribution is -0.118. The van der Waals surface area contributed by atoms with E-state index in [4.69, 9.17) is 5.73 Å². The van der Waals surface area contributed by atoms with E-state index in [1.54, 1.807) is 24.3 Å². The van der Waals surface area contributed by atoms with Crippen molar-refractivity contribution in [1.29, 1.82) is 0 Å². The number of amides is 1. The van der Waals surface area contributed by atoms with Crippen molar-refractivity contribution < 1.29 is 4.79 Å². The summed E-state index contributed by atoms with van der Waals surface area (Å²) in [6.45, 7) is 0. The molecule has 1 atom stereocenters. The molecule has 4 heteroatoms. The number of nitrogens with two attached hydrogens (primary N) is 1. The SMILES string of the molecule is CN(C(=O)CCC(N)c1ccccc1)c1cccnc1. The maximum atomic E-state index is 12.1. The third kappa shape index (κ3) is 3.65. The molecule has 1 amide bonds. The number of pyridine rings is 1. The van der Waals surface area contributed by atoms with Gasteiger partial charge in [0.2, 0.25) is 5.91 Å². The van der Waals surface area contributed by atoms with Crippen molar-refractivity contribution >= 4 is 11.6 Å². The molecular formula is C16H19N3O. The summed E-state index contributed by atoms with van der Waals surface area (Å²) in [5.41, 5.74) is 7.96. The number of benzene rings is 1. The predicted molar refractivity (Wildman–Crippen MR) is 80.3 cm³/mol. The van der Waals surface area contributed by atoms with E-state index in [-0.39, 0.29) is 11.9 Å². The van der Waals surface area contributed by atoms with Crippen LogP contribution >= 0.6 is 0 Å².